The van der Waals surface area contributed by atoms with Crippen LogP contribution in [0, 0.1) is 6.92 Å². The third-order valence-electron chi connectivity index (χ3n) is 4.56. The Hall–Kier alpha value is -3.02. The van der Waals surface area contributed by atoms with Crippen LogP contribution in [-0.4, -0.2) is 32.1 Å². The standard InChI is InChI=1S/C21H24N2O4/c1-14-8-6-9-16-19(22-15(2)24)21(25)23(20(14)16)12-7-13-27-18-11-5-4-10-17(18)26-3/h4-6,8-11,19H,7,12-13H2,1-3H3,(H,22,24)/t19-/m1/s1. The number of rotatable bonds is 7. The summed E-state index contributed by atoms with van der Waals surface area (Å²) in [6, 6.07) is 12.6. The Morgan fingerprint density at radius 2 is 1.89 bits per heavy atom. The lowest BCUT2D eigenvalue weighted by Crippen LogP contribution is -2.37. The third kappa shape index (κ3) is 3.89. The molecule has 0 radical (unpaired) electrons. The van der Waals surface area contributed by atoms with Crippen LogP contribution in [0.3, 0.4) is 0 Å². The summed E-state index contributed by atoms with van der Waals surface area (Å²) < 4.78 is 11.1. The SMILES string of the molecule is COc1ccccc1OCCCN1C(=O)[C@H](NC(C)=O)c2cccc(C)c21. The van der Waals surface area contributed by atoms with Gasteiger partial charge in [-0.1, -0.05) is 30.3 Å². The van der Waals surface area contributed by atoms with Crippen LogP contribution in [0.15, 0.2) is 42.5 Å². The molecule has 1 aliphatic heterocycles. The lowest BCUT2D eigenvalue weighted by atomic mass is 10.1. The molecule has 6 nitrogen and oxygen atoms in total. The van der Waals surface area contributed by atoms with E-state index in [1.807, 2.05) is 49.4 Å². The maximum Gasteiger partial charge on any atom is 0.254 e. The first kappa shape index (κ1) is 18.8. The van der Waals surface area contributed by atoms with Crippen LogP contribution in [0.5, 0.6) is 11.5 Å². The second kappa shape index (κ2) is 8.12. The monoisotopic (exact) mass is 368 g/mol. The van der Waals surface area contributed by atoms with Crippen LogP contribution in [0.1, 0.15) is 30.5 Å². The molecule has 1 atom stereocenters. The Bertz CT molecular complexity index is 850. The molecule has 0 unspecified atom stereocenters. The predicted molar refractivity (Wildman–Crippen MR) is 103 cm³/mol. The molecule has 0 aromatic heterocycles. The van der Waals surface area contributed by atoms with Crippen molar-refractivity contribution in [2.75, 3.05) is 25.2 Å². The van der Waals surface area contributed by atoms with E-state index in [2.05, 4.69) is 5.32 Å². The normalized spacial score (nSPS) is 15.4. The van der Waals surface area contributed by atoms with Gasteiger partial charge in [-0.2, -0.15) is 0 Å². The Morgan fingerprint density at radius 1 is 1.15 bits per heavy atom. The van der Waals surface area contributed by atoms with Gasteiger partial charge in [0.1, 0.15) is 6.04 Å². The molecule has 6 heteroatoms. The maximum atomic E-state index is 12.9. The lowest BCUT2D eigenvalue weighted by Gasteiger charge is -2.20. The van der Waals surface area contributed by atoms with Gasteiger partial charge in [0.2, 0.25) is 5.91 Å². The Kier molecular flexibility index (Phi) is 5.64. The lowest BCUT2D eigenvalue weighted by molar-refractivity contribution is -0.126. The minimum atomic E-state index is -0.618. The number of nitrogens with zero attached hydrogens (tertiary/aromatic N) is 1. The first-order valence-electron chi connectivity index (χ1n) is 8.96. The average molecular weight is 368 g/mol. The molecule has 0 spiro atoms. The second-order valence-corrected chi connectivity index (χ2v) is 6.49. The van der Waals surface area contributed by atoms with Crippen molar-refractivity contribution >= 4 is 17.5 Å². The zero-order valence-corrected chi connectivity index (χ0v) is 15.8. The van der Waals surface area contributed by atoms with Gasteiger partial charge in [0.25, 0.3) is 5.91 Å². The molecule has 0 saturated heterocycles. The Morgan fingerprint density at radius 3 is 2.59 bits per heavy atom. The van der Waals surface area contributed by atoms with Crippen LogP contribution >= 0.6 is 0 Å². The number of amides is 2. The molecule has 0 fully saturated rings. The fourth-order valence-electron chi connectivity index (χ4n) is 3.39. The van der Waals surface area contributed by atoms with Crippen molar-refractivity contribution in [1.29, 1.82) is 0 Å². The average Bonchev–Trinajstić information content (AvgIpc) is 2.92. The van der Waals surface area contributed by atoms with Crippen LogP contribution in [-0.2, 0) is 9.59 Å². The van der Waals surface area contributed by atoms with E-state index < -0.39 is 6.04 Å². The van der Waals surface area contributed by atoms with Crippen molar-refractivity contribution < 1.29 is 19.1 Å². The number of para-hydroxylation sites is 3. The van der Waals surface area contributed by atoms with Gasteiger partial charge < -0.3 is 19.7 Å². The summed E-state index contributed by atoms with van der Waals surface area (Å²) in [6.07, 6.45) is 0.657. The minimum absolute atomic E-state index is 0.105. The van der Waals surface area contributed by atoms with E-state index in [1.54, 1.807) is 12.0 Å². The highest BCUT2D eigenvalue weighted by Gasteiger charge is 2.38. The van der Waals surface area contributed by atoms with Gasteiger partial charge in [-0.3, -0.25) is 9.59 Å². The highest BCUT2D eigenvalue weighted by Crippen LogP contribution is 2.38. The zero-order valence-electron chi connectivity index (χ0n) is 15.8. The number of carbonyl (C=O) groups is 2. The fraction of sp³-hybridized carbons (Fsp3) is 0.333. The van der Waals surface area contributed by atoms with Crippen LogP contribution in [0.2, 0.25) is 0 Å². The number of hydrogen-bond acceptors (Lipinski definition) is 4. The van der Waals surface area contributed by atoms with Crippen molar-refractivity contribution in [3.63, 3.8) is 0 Å². The van der Waals surface area contributed by atoms with E-state index in [0.717, 1.165) is 16.8 Å². The van der Waals surface area contributed by atoms with Crippen molar-refractivity contribution in [1.82, 2.24) is 5.32 Å². The summed E-state index contributed by atoms with van der Waals surface area (Å²) in [5.74, 6) is 1.04. The van der Waals surface area contributed by atoms with Crippen molar-refractivity contribution in [2.45, 2.75) is 26.3 Å². The van der Waals surface area contributed by atoms with Gasteiger partial charge in [-0.15, -0.1) is 0 Å². The molecule has 0 saturated carbocycles. The van der Waals surface area contributed by atoms with Crippen LogP contribution in [0.4, 0.5) is 5.69 Å². The third-order valence-corrected chi connectivity index (χ3v) is 4.56. The number of carbonyl (C=O) groups excluding carboxylic acids is 2. The number of benzene rings is 2. The molecule has 2 aromatic carbocycles. The predicted octanol–water partition coefficient (Wildman–Crippen LogP) is 3.00. The summed E-state index contributed by atoms with van der Waals surface area (Å²) in [6.45, 7) is 4.37. The van der Waals surface area contributed by atoms with E-state index in [-0.39, 0.29) is 11.8 Å². The summed E-state index contributed by atoms with van der Waals surface area (Å²) in [5, 5.41) is 2.76. The molecule has 2 aromatic rings. The highest BCUT2D eigenvalue weighted by molar-refractivity contribution is 6.06. The van der Waals surface area contributed by atoms with E-state index in [1.165, 1.54) is 6.92 Å². The number of aryl methyl sites for hydroxylation is 1. The number of fused-ring (bicyclic) bond motifs is 1. The molecular weight excluding hydrogens is 344 g/mol. The molecule has 0 bridgehead atoms. The van der Waals surface area contributed by atoms with Gasteiger partial charge in [-0.25, -0.2) is 0 Å². The molecule has 3 rings (SSSR count). The van der Waals surface area contributed by atoms with E-state index in [0.29, 0.717) is 31.1 Å². The fourth-order valence-corrected chi connectivity index (χ4v) is 3.39. The molecule has 1 aliphatic rings. The number of hydrogen-bond donors (Lipinski definition) is 1. The van der Waals surface area contributed by atoms with Gasteiger partial charge in [-0.05, 0) is 31.0 Å². The first-order chi connectivity index (χ1) is 13.0. The Labute approximate surface area is 159 Å². The van der Waals surface area contributed by atoms with Gasteiger partial charge in [0.05, 0.1) is 19.4 Å². The van der Waals surface area contributed by atoms with E-state index in [9.17, 15) is 9.59 Å². The maximum absolute atomic E-state index is 12.9. The zero-order chi connectivity index (χ0) is 19.4. The molecular formula is C21H24N2O4. The van der Waals surface area contributed by atoms with Crippen LogP contribution in [0.25, 0.3) is 0 Å². The number of ether oxygens (including phenoxy) is 2. The molecule has 1 heterocycles. The molecule has 142 valence electrons. The Balaban J connectivity index is 1.68. The molecule has 0 aliphatic carbocycles. The summed E-state index contributed by atoms with van der Waals surface area (Å²) in [4.78, 5) is 26.1. The smallest absolute Gasteiger partial charge is 0.254 e. The highest BCUT2D eigenvalue weighted by atomic mass is 16.5. The first-order valence-corrected chi connectivity index (χ1v) is 8.96. The largest absolute Gasteiger partial charge is 0.493 e. The molecule has 1 N–H and O–H groups in total. The quantitative estimate of drug-likeness (QED) is 0.763. The van der Waals surface area contributed by atoms with Gasteiger partial charge >= 0.3 is 0 Å². The van der Waals surface area contributed by atoms with Gasteiger partial charge in [0, 0.05) is 19.0 Å². The van der Waals surface area contributed by atoms with Crippen molar-refractivity contribution in [3.05, 3.63) is 53.6 Å². The van der Waals surface area contributed by atoms with Crippen LogP contribution < -0.4 is 19.7 Å². The summed E-state index contributed by atoms with van der Waals surface area (Å²) >= 11 is 0. The number of nitrogens with one attached hydrogen (secondary N) is 1. The second-order valence-electron chi connectivity index (χ2n) is 6.49. The summed E-state index contributed by atoms with van der Waals surface area (Å²) in [7, 11) is 1.60. The van der Waals surface area contributed by atoms with E-state index in [4.69, 9.17) is 9.47 Å². The van der Waals surface area contributed by atoms with E-state index >= 15 is 0 Å². The summed E-state index contributed by atoms with van der Waals surface area (Å²) in [5.41, 5.74) is 2.75. The van der Waals surface area contributed by atoms with Gasteiger partial charge in [0.15, 0.2) is 11.5 Å². The van der Waals surface area contributed by atoms with Crippen molar-refractivity contribution in [2.24, 2.45) is 0 Å². The molecule has 27 heavy (non-hydrogen) atoms. The minimum Gasteiger partial charge on any atom is -0.493 e. The topological polar surface area (TPSA) is 67.9 Å². The number of anilines is 1. The molecule has 2 amide bonds. The van der Waals surface area contributed by atoms with Crippen molar-refractivity contribution in [3.8, 4) is 11.5 Å². The number of methoxy groups -OCH3 is 1.